The van der Waals surface area contributed by atoms with Gasteiger partial charge in [0.2, 0.25) is 0 Å². The Bertz CT molecular complexity index is 317. The third-order valence-corrected chi connectivity index (χ3v) is 1.86. The molecule has 6 heteroatoms. The number of rotatable bonds is 1. The van der Waals surface area contributed by atoms with E-state index in [-0.39, 0.29) is 15.7 Å². The second kappa shape index (κ2) is 3.06. The molecule has 5 nitrogen and oxygen atoms in total. The van der Waals surface area contributed by atoms with Crippen LogP contribution < -0.4 is 4.73 Å². The van der Waals surface area contributed by atoms with E-state index in [9.17, 15) is 10.1 Å². The van der Waals surface area contributed by atoms with Gasteiger partial charge in [0.25, 0.3) is 0 Å². The van der Waals surface area contributed by atoms with Crippen LogP contribution in [0, 0.1) is 23.2 Å². The van der Waals surface area contributed by atoms with Crippen LogP contribution in [-0.2, 0) is 0 Å². The summed E-state index contributed by atoms with van der Waals surface area (Å²) in [6, 6.07) is 0. The van der Waals surface area contributed by atoms with Crippen molar-refractivity contribution < 1.29 is 14.9 Å². The average Bonchev–Trinajstić information content (AvgIpc) is 1.82. The summed E-state index contributed by atoms with van der Waals surface area (Å²) in [7, 11) is 0. The van der Waals surface area contributed by atoms with E-state index >= 15 is 0 Å². The number of hydrogen-bond donors (Lipinski definition) is 1. The summed E-state index contributed by atoms with van der Waals surface area (Å²) in [5, 5.41) is 19.3. The smallest absolute Gasteiger partial charge is 0.191 e. The summed E-state index contributed by atoms with van der Waals surface area (Å²) in [6.07, 6.45) is 3.52. The molecule has 0 aromatic carbocycles. The number of nitrogens with zero attached hydrogens (tertiary/aromatic N) is 2. The summed E-state index contributed by atoms with van der Waals surface area (Å²) in [4.78, 5) is 9.89. The van der Waals surface area contributed by atoms with Crippen molar-refractivity contribution in [1.29, 1.82) is 0 Å². The van der Waals surface area contributed by atoms with Gasteiger partial charge in [0.1, 0.15) is 6.20 Å². The lowest BCUT2D eigenvalue weighted by Gasteiger charge is -2.02. The number of pyridine rings is 1. The van der Waals surface area contributed by atoms with Gasteiger partial charge in [0.15, 0.2) is 11.9 Å². The molecular formula is C6H5BrN2O3. The molecular weight excluding hydrogens is 228 g/mol. The van der Waals surface area contributed by atoms with E-state index < -0.39 is 4.92 Å². The zero-order valence-electron chi connectivity index (χ0n) is 6.11. The van der Waals surface area contributed by atoms with Crippen molar-refractivity contribution in [3.05, 3.63) is 32.5 Å². The van der Waals surface area contributed by atoms with Crippen LogP contribution in [0.5, 0.6) is 0 Å². The Morgan fingerprint density at radius 3 is 2.83 bits per heavy atom. The third kappa shape index (κ3) is 1.53. The first-order valence-electron chi connectivity index (χ1n) is 3.00. The lowest BCUT2D eigenvalue weighted by Crippen LogP contribution is -2.30. The molecule has 0 amide bonds. The van der Waals surface area contributed by atoms with Crippen molar-refractivity contribution >= 4 is 21.6 Å². The molecule has 0 bridgehead atoms. The minimum absolute atomic E-state index is 0.0831. The van der Waals surface area contributed by atoms with Gasteiger partial charge in [-0.3, -0.25) is 10.1 Å². The van der Waals surface area contributed by atoms with E-state index in [1.54, 1.807) is 0 Å². The lowest BCUT2D eigenvalue weighted by atomic mass is 10.3. The summed E-state index contributed by atoms with van der Waals surface area (Å²) in [6.45, 7) is 1.50. The molecule has 1 heterocycles. The first kappa shape index (κ1) is 8.92. The highest BCUT2D eigenvalue weighted by atomic mass is 79.9. The molecule has 0 fully saturated rings. The minimum atomic E-state index is -0.532. The fourth-order valence-corrected chi connectivity index (χ4v) is 1.46. The van der Waals surface area contributed by atoms with E-state index in [2.05, 4.69) is 22.1 Å². The lowest BCUT2D eigenvalue weighted by molar-refractivity contribution is -0.908. The Morgan fingerprint density at radius 2 is 2.42 bits per heavy atom. The van der Waals surface area contributed by atoms with E-state index in [1.807, 2.05) is 0 Å². The summed E-state index contributed by atoms with van der Waals surface area (Å²) < 4.78 is 0.873. The van der Waals surface area contributed by atoms with Crippen LogP contribution in [-0.4, -0.2) is 10.1 Å². The van der Waals surface area contributed by atoms with Gasteiger partial charge in [0, 0.05) is 4.92 Å². The van der Waals surface area contributed by atoms with Gasteiger partial charge >= 0.3 is 0 Å². The number of aromatic nitrogens is 1. The van der Waals surface area contributed by atoms with Gasteiger partial charge in [-0.1, -0.05) is 27.6 Å². The fraction of sp³-hybridized carbons (Fsp3) is 0.167. The van der Waals surface area contributed by atoms with Crippen molar-refractivity contribution in [2.45, 2.75) is 6.92 Å². The predicted molar refractivity (Wildman–Crippen MR) is 41.7 cm³/mol. The Labute approximate surface area is 76.5 Å². The predicted octanol–water partition coefficient (Wildman–Crippen LogP) is 0.991. The highest BCUT2D eigenvalue weighted by molar-refractivity contribution is 9.10. The van der Waals surface area contributed by atoms with E-state index in [0.717, 1.165) is 6.20 Å². The molecule has 0 atom stereocenters. The van der Waals surface area contributed by atoms with Crippen LogP contribution >= 0.6 is 15.9 Å². The van der Waals surface area contributed by atoms with Crippen LogP contribution in [0.4, 0.5) is 5.69 Å². The van der Waals surface area contributed by atoms with Crippen molar-refractivity contribution in [3.8, 4) is 0 Å². The second-order valence-electron chi connectivity index (χ2n) is 2.16. The molecule has 0 aliphatic carbocycles. The van der Waals surface area contributed by atoms with Crippen LogP contribution in [0.25, 0.3) is 0 Å². The second-order valence-corrected chi connectivity index (χ2v) is 3.02. The van der Waals surface area contributed by atoms with Crippen molar-refractivity contribution in [2.75, 3.05) is 0 Å². The first-order chi connectivity index (χ1) is 5.52. The zero-order valence-corrected chi connectivity index (χ0v) is 7.70. The molecule has 0 saturated carbocycles. The number of aryl methyl sites for hydroxylation is 1. The Balaban J connectivity index is 3.38. The highest BCUT2D eigenvalue weighted by Gasteiger charge is 2.12. The minimum Gasteiger partial charge on any atom is -0.309 e. The fourth-order valence-electron chi connectivity index (χ4n) is 0.829. The van der Waals surface area contributed by atoms with Gasteiger partial charge in [-0.2, -0.15) is 0 Å². The molecule has 1 aromatic rings. The molecule has 12 heavy (non-hydrogen) atoms. The Morgan fingerprint density at radius 1 is 1.83 bits per heavy atom. The van der Waals surface area contributed by atoms with Gasteiger partial charge < -0.3 is 5.21 Å². The van der Waals surface area contributed by atoms with Crippen molar-refractivity contribution in [1.82, 2.24) is 0 Å². The largest absolute Gasteiger partial charge is 0.309 e. The van der Waals surface area contributed by atoms with Crippen molar-refractivity contribution in [3.63, 3.8) is 0 Å². The van der Waals surface area contributed by atoms with Crippen molar-refractivity contribution in [2.24, 2.45) is 0 Å². The maximum absolute atomic E-state index is 10.4. The topological polar surface area (TPSA) is 67.2 Å². The first-order valence-corrected chi connectivity index (χ1v) is 3.79. The molecule has 0 aliphatic rings. The molecule has 0 aliphatic heterocycles. The number of halogens is 1. The van der Waals surface area contributed by atoms with Gasteiger partial charge in [-0.25, -0.2) is 0 Å². The molecule has 0 radical (unpaired) electrons. The quantitative estimate of drug-likeness (QED) is 0.258. The van der Waals surface area contributed by atoms with Crippen LogP contribution in [0.2, 0.25) is 0 Å². The van der Waals surface area contributed by atoms with Gasteiger partial charge in [-0.05, 0) is 5.56 Å². The van der Waals surface area contributed by atoms with E-state index in [1.165, 1.54) is 6.92 Å². The normalized spacial score (nSPS) is 9.83. The molecule has 1 aromatic heterocycles. The van der Waals surface area contributed by atoms with E-state index in [0.29, 0.717) is 4.73 Å². The monoisotopic (exact) mass is 232 g/mol. The Kier molecular flexibility index (Phi) is 2.27. The summed E-state index contributed by atoms with van der Waals surface area (Å²) >= 11 is 2.96. The van der Waals surface area contributed by atoms with Crippen LogP contribution in [0.15, 0.2) is 10.7 Å². The maximum Gasteiger partial charge on any atom is 0.191 e. The number of nitro groups is 1. The molecule has 0 unspecified atom stereocenters. The molecule has 1 rings (SSSR count). The molecule has 0 spiro atoms. The molecule has 1 N–H and O–H groups in total. The van der Waals surface area contributed by atoms with Gasteiger partial charge in [-0.15, -0.1) is 0 Å². The average molecular weight is 233 g/mol. The summed E-state index contributed by atoms with van der Waals surface area (Å²) in [5.41, 5.74) is 0.192. The van der Waals surface area contributed by atoms with Gasteiger partial charge in [0.05, 0.1) is 4.47 Å². The molecule has 0 saturated heterocycles. The van der Waals surface area contributed by atoms with Crippen LogP contribution in [0.1, 0.15) is 5.56 Å². The SMILES string of the molecule is Cc1[c-][n+](O)cc(Br)c1[N+](=O)[O-]. The van der Waals surface area contributed by atoms with E-state index in [4.69, 9.17) is 5.21 Å². The number of hydrogen-bond acceptors (Lipinski definition) is 3. The van der Waals surface area contributed by atoms with Crippen LogP contribution in [0.3, 0.4) is 0 Å². The third-order valence-electron chi connectivity index (χ3n) is 1.28. The zero-order chi connectivity index (χ0) is 9.30. The maximum atomic E-state index is 10.4. The Hall–Kier alpha value is -1.17. The highest BCUT2D eigenvalue weighted by Crippen LogP contribution is 2.25. The summed E-state index contributed by atoms with van der Waals surface area (Å²) in [5.74, 6) is 0. The standard InChI is InChI=1S/C6H5BrN2O3/c1-4-2-8(10)3-5(7)6(4)9(11)12/h3,10H,1H3. The molecule has 64 valence electrons.